The molecular formula is C22H30N2O3S2. The van der Waals surface area contributed by atoms with Crippen molar-refractivity contribution in [1.82, 2.24) is 5.32 Å². The van der Waals surface area contributed by atoms with Crippen LogP contribution in [0, 0.1) is 13.8 Å². The molecule has 0 aliphatic carbocycles. The number of sulfonamides is 1. The summed E-state index contributed by atoms with van der Waals surface area (Å²) in [6, 6.07) is 14.8. The van der Waals surface area contributed by atoms with Gasteiger partial charge in [-0.3, -0.25) is 9.10 Å². The average Bonchev–Trinajstić information content (AvgIpc) is 2.66. The summed E-state index contributed by atoms with van der Waals surface area (Å²) in [6.45, 7) is 6.28. The number of nitrogens with zero attached hydrogens (tertiary/aromatic N) is 1. The Morgan fingerprint density at radius 2 is 1.79 bits per heavy atom. The first-order valence-corrected chi connectivity index (χ1v) is 12.7. The van der Waals surface area contributed by atoms with E-state index in [1.165, 1.54) is 15.4 Å². The van der Waals surface area contributed by atoms with Gasteiger partial charge in [0, 0.05) is 18.1 Å². The SMILES string of the molecule is CCC(C(=O)NCCSCc1ccc(C)cc1)N(c1cccc(C)c1)S(C)(=O)=O. The second-order valence-electron chi connectivity index (χ2n) is 7.15. The molecule has 2 rings (SSSR count). The fraction of sp³-hybridized carbons (Fsp3) is 0.409. The van der Waals surface area contributed by atoms with Gasteiger partial charge in [0.1, 0.15) is 6.04 Å². The molecule has 0 aliphatic heterocycles. The lowest BCUT2D eigenvalue weighted by Gasteiger charge is -2.30. The Hall–Kier alpha value is -1.99. The van der Waals surface area contributed by atoms with Crippen molar-refractivity contribution in [2.75, 3.05) is 22.9 Å². The summed E-state index contributed by atoms with van der Waals surface area (Å²) in [6.07, 6.45) is 1.53. The molecule has 0 radical (unpaired) electrons. The quantitative estimate of drug-likeness (QED) is 0.576. The highest BCUT2D eigenvalue weighted by molar-refractivity contribution is 7.98. The highest BCUT2D eigenvalue weighted by atomic mass is 32.2. The Kier molecular flexibility index (Phi) is 8.59. The fourth-order valence-corrected chi connectivity index (χ4v) is 5.09. The van der Waals surface area contributed by atoms with E-state index in [1.54, 1.807) is 30.0 Å². The molecule has 1 amide bonds. The summed E-state index contributed by atoms with van der Waals surface area (Å²) in [5, 5.41) is 2.90. The van der Waals surface area contributed by atoms with Crippen LogP contribution >= 0.6 is 11.8 Å². The van der Waals surface area contributed by atoms with E-state index < -0.39 is 16.1 Å². The minimum absolute atomic E-state index is 0.268. The topological polar surface area (TPSA) is 66.5 Å². The molecule has 0 aliphatic rings. The fourth-order valence-electron chi connectivity index (χ4n) is 3.06. The van der Waals surface area contributed by atoms with Crippen LogP contribution in [-0.2, 0) is 20.6 Å². The smallest absolute Gasteiger partial charge is 0.243 e. The first-order chi connectivity index (χ1) is 13.7. The highest BCUT2D eigenvalue weighted by Gasteiger charge is 2.31. The molecule has 0 aromatic heterocycles. The molecule has 0 heterocycles. The molecule has 1 N–H and O–H groups in total. The van der Waals surface area contributed by atoms with Gasteiger partial charge in [0.05, 0.1) is 11.9 Å². The van der Waals surface area contributed by atoms with Crippen molar-refractivity contribution in [2.24, 2.45) is 0 Å². The molecule has 1 atom stereocenters. The molecule has 158 valence electrons. The number of rotatable bonds is 10. The molecule has 0 spiro atoms. The van der Waals surface area contributed by atoms with Gasteiger partial charge in [0.2, 0.25) is 15.9 Å². The molecule has 7 heteroatoms. The molecule has 2 aromatic rings. The molecule has 5 nitrogen and oxygen atoms in total. The van der Waals surface area contributed by atoms with Crippen LogP contribution in [-0.4, -0.2) is 38.9 Å². The third kappa shape index (κ3) is 7.08. The maximum absolute atomic E-state index is 12.8. The molecule has 1 unspecified atom stereocenters. The Balaban J connectivity index is 1.96. The zero-order valence-electron chi connectivity index (χ0n) is 17.5. The summed E-state index contributed by atoms with van der Waals surface area (Å²) >= 11 is 1.74. The molecule has 0 saturated heterocycles. The zero-order valence-corrected chi connectivity index (χ0v) is 19.1. The third-order valence-electron chi connectivity index (χ3n) is 4.52. The van der Waals surface area contributed by atoms with Crippen LogP contribution in [0.3, 0.4) is 0 Å². The first-order valence-electron chi connectivity index (χ1n) is 9.69. The van der Waals surface area contributed by atoms with Gasteiger partial charge in [-0.25, -0.2) is 8.42 Å². The average molecular weight is 435 g/mol. The van der Waals surface area contributed by atoms with Gasteiger partial charge in [-0.1, -0.05) is 48.9 Å². The lowest BCUT2D eigenvalue weighted by molar-refractivity contribution is -0.122. The van der Waals surface area contributed by atoms with Gasteiger partial charge in [-0.05, 0) is 43.5 Å². The van der Waals surface area contributed by atoms with Crippen molar-refractivity contribution in [1.29, 1.82) is 0 Å². The minimum Gasteiger partial charge on any atom is -0.353 e. The van der Waals surface area contributed by atoms with Gasteiger partial charge in [-0.2, -0.15) is 11.8 Å². The van der Waals surface area contributed by atoms with Crippen molar-refractivity contribution >= 4 is 33.4 Å². The summed E-state index contributed by atoms with van der Waals surface area (Å²) in [5.74, 6) is 1.38. The number of thioether (sulfide) groups is 1. The molecule has 0 fully saturated rings. The number of hydrogen-bond acceptors (Lipinski definition) is 4. The predicted molar refractivity (Wildman–Crippen MR) is 123 cm³/mol. The van der Waals surface area contributed by atoms with Crippen molar-refractivity contribution in [3.63, 3.8) is 0 Å². The van der Waals surface area contributed by atoms with Crippen LogP contribution in [0.1, 0.15) is 30.0 Å². The second-order valence-corrected chi connectivity index (χ2v) is 10.1. The van der Waals surface area contributed by atoms with Crippen LogP contribution in [0.25, 0.3) is 0 Å². The van der Waals surface area contributed by atoms with Gasteiger partial charge in [-0.15, -0.1) is 0 Å². The van der Waals surface area contributed by atoms with E-state index in [0.717, 1.165) is 23.3 Å². The van der Waals surface area contributed by atoms with E-state index >= 15 is 0 Å². The van der Waals surface area contributed by atoms with Gasteiger partial charge in [0.25, 0.3) is 0 Å². The van der Waals surface area contributed by atoms with Crippen LogP contribution in [0.15, 0.2) is 48.5 Å². The van der Waals surface area contributed by atoms with E-state index in [0.29, 0.717) is 18.7 Å². The molecular weight excluding hydrogens is 404 g/mol. The van der Waals surface area contributed by atoms with Gasteiger partial charge < -0.3 is 5.32 Å². The van der Waals surface area contributed by atoms with Gasteiger partial charge in [0.15, 0.2) is 0 Å². The van der Waals surface area contributed by atoms with Crippen molar-refractivity contribution in [2.45, 2.75) is 39.0 Å². The normalized spacial score (nSPS) is 12.4. The molecule has 0 saturated carbocycles. The maximum atomic E-state index is 12.8. The molecule has 29 heavy (non-hydrogen) atoms. The van der Waals surface area contributed by atoms with E-state index in [4.69, 9.17) is 0 Å². The van der Waals surface area contributed by atoms with Crippen molar-refractivity contribution in [3.8, 4) is 0 Å². The standard InChI is InChI=1S/C22H30N2O3S2/c1-5-21(24(29(4,26)27)20-8-6-7-18(3)15-20)22(25)23-13-14-28-16-19-11-9-17(2)10-12-19/h6-12,15,21H,5,13-14,16H2,1-4H3,(H,23,25). The molecule has 2 aromatic carbocycles. The predicted octanol–water partition coefficient (Wildman–Crippen LogP) is 3.90. The summed E-state index contributed by atoms with van der Waals surface area (Å²) in [4.78, 5) is 12.8. The van der Waals surface area contributed by atoms with Crippen LogP contribution in [0.5, 0.6) is 0 Å². The Labute approximate surface area is 178 Å². The zero-order chi connectivity index (χ0) is 21.4. The van der Waals surface area contributed by atoms with Crippen molar-refractivity contribution in [3.05, 3.63) is 65.2 Å². The van der Waals surface area contributed by atoms with E-state index in [1.807, 2.05) is 19.9 Å². The number of amides is 1. The highest BCUT2D eigenvalue weighted by Crippen LogP contribution is 2.23. The van der Waals surface area contributed by atoms with Crippen LogP contribution in [0.4, 0.5) is 5.69 Å². The lowest BCUT2D eigenvalue weighted by Crippen LogP contribution is -2.49. The number of aryl methyl sites for hydroxylation is 2. The summed E-state index contributed by atoms with van der Waals surface area (Å²) < 4.78 is 26.1. The summed E-state index contributed by atoms with van der Waals surface area (Å²) in [5.41, 5.74) is 3.95. The number of anilines is 1. The summed E-state index contributed by atoms with van der Waals surface area (Å²) in [7, 11) is -3.60. The van der Waals surface area contributed by atoms with Crippen LogP contribution in [0.2, 0.25) is 0 Å². The van der Waals surface area contributed by atoms with E-state index in [2.05, 4.69) is 36.5 Å². The van der Waals surface area contributed by atoms with E-state index in [9.17, 15) is 13.2 Å². The van der Waals surface area contributed by atoms with Crippen LogP contribution < -0.4 is 9.62 Å². The number of hydrogen-bond donors (Lipinski definition) is 1. The third-order valence-corrected chi connectivity index (χ3v) is 6.73. The number of carbonyl (C=O) groups is 1. The second kappa shape index (κ2) is 10.7. The largest absolute Gasteiger partial charge is 0.353 e. The lowest BCUT2D eigenvalue weighted by atomic mass is 10.1. The number of benzene rings is 2. The Morgan fingerprint density at radius 3 is 2.38 bits per heavy atom. The van der Waals surface area contributed by atoms with Crippen molar-refractivity contribution < 1.29 is 13.2 Å². The number of carbonyl (C=O) groups excluding carboxylic acids is 1. The minimum atomic E-state index is -3.60. The first kappa shape index (κ1) is 23.3. The Morgan fingerprint density at radius 1 is 1.10 bits per heavy atom. The van der Waals surface area contributed by atoms with E-state index in [-0.39, 0.29) is 5.91 Å². The monoisotopic (exact) mass is 434 g/mol. The number of nitrogens with one attached hydrogen (secondary N) is 1. The Bertz CT molecular complexity index is 912. The van der Waals surface area contributed by atoms with Gasteiger partial charge >= 0.3 is 0 Å². The maximum Gasteiger partial charge on any atom is 0.243 e. The molecule has 0 bridgehead atoms.